The van der Waals surface area contributed by atoms with Gasteiger partial charge in [0.1, 0.15) is 5.82 Å². The van der Waals surface area contributed by atoms with Gasteiger partial charge in [0.05, 0.1) is 0 Å². The number of nitrogens with two attached hydrogens (primary N) is 1. The van der Waals surface area contributed by atoms with E-state index in [2.05, 4.69) is 24.1 Å². The lowest BCUT2D eigenvalue weighted by Gasteiger charge is -2.24. The molecule has 3 N–H and O–H groups in total. The first-order chi connectivity index (χ1) is 9.75. The maximum absolute atomic E-state index is 12.3. The summed E-state index contributed by atoms with van der Waals surface area (Å²) in [5.74, 6) is 0.500. The molecule has 0 saturated heterocycles. The highest BCUT2D eigenvalue weighted by Gasteiger charge is 2.19. The summed E-state index contributed by atoms with van der Waals surface area (Å²) < 4.78 is 5.09. The van der Waals surface area contributed by atoms with Gasteiger partial charge in [0.15, 0.2) is 0 Å². The molecule has 118 valence electrons. The van der Waals surface area contributed by atoms with E-state index in [9.17, 15) is 4.79 Å². The van der Waals surface area contributed by atoms with Gasteiger partial charge in [-0.15, -0.1) is 0 Å². The van der Waals surface area contributed by atoms with Crippen molar-refractivity contribution in [3.63, 3.8) is 0 Å². The fourth-order valence-electron chi connectivity index (χ4n) is 1.89. The molecule has 0 saturated carbocycles. The third kappa shape index (κ3) is 5.71. The van der Waals surface area contributed by atoms with Crippen LogP contribution in [0.15, 0.2) is 12.1 Å². The number of nitrogens with zero attached hydrogens (tertiary/aromatic N) is 1. The van der Waals surface area contributed by atoms with Crippen molar-refractivity contribution in [3.05, 3.63) is 23.4 Å². The van der Waals surface area contributed by atoms with E-state index in [0.29, 0.717) is 24.5 Å². The predicted octanol–water partition coefficient (Wildman–Crippen LogP) is 2.58. The van der Waals surface area contributed by atoms with Crippen LogP contribution in [0.4, 0.5) is 5.82 Å². The molecule has 1 aromatic rings. The number of nitrogens with one attached hydrogen (secondary N) is 1. The Balaban J connectivity index is 2.72. The average molecular weight is 293 g/mol. The maximum atomic E-state index is 12.3. The summed E-state index contributed by atoms with van der Waals surface area (Å²) in [6.07, 6.45) is 0.888. The second-order valence-electron chi connectivity index (χ2n) is 6.45. The van der Waals surface area contributed by atoms with Crippen LogP contribution in [0.3, 0.4) is 0 Å². The molecule has 21 heavy (non-hydrogen) atoms. The maximum Gasteiger partial charge on any atom is 0.251 e. The van der Waals surface area contributed by atoms with Gasteiger partial charge >= 0.3 is 0 Å². The zero-order valence-corrected chi connectivity index (χ0v) is 13.7. The van der Waals surface area contributed by atoms with Gasteiger partial charge < -0.3 is 15.8 Å². The van der Waals surface area contributed by atoms with E-state index < -0.39 is 0 Å². The van der Waals surface area contributed by atoms with E-state index in [1.54, 1.807) is 19.2 Å². The summed E-state index contributed by atoms with van der Waals surface area (Å²) in [4.78, 5) is 16.5. The minimum absolute atomic E-state index is 0.00881. The number of amides is 1. The molecule has 0 aromatic carbocycles. The van der Waals surface area contributed by atoms with Crippen molar-refractivity contribution in [2.24, 2.45) is 5.41 Å². The minimum atomic E-state index is -0.114. The second kappa shape index (κ2) is 7.41. The van der Waals surface area contributed by atoms with Gasteiger partial charge in [-0.05, 0) is 29.9 Å². The van der Waals surface area contributed by atoms with Gasteiger partial charge in [-0.3, -0.25) is 4.79 Å². The van der Waals surface area contributed by atoms with Gasteiger partial charge in [-0.25, -0.2) is 4.98 Å². The molecular weight excluding hydrogens is 266 g/mol. The van der Waals surface area contributed by atoms with Crippen LogP contribution in [0.2, 0.25) is 0 Å². The minimum Gasteiger partial charge on any atom is -0.385 e. The molecule has 1 aromatic heterocycles. The fraction of sp³-hybridized carbons (Fsp3) is 0.625. The van der Waals surface area contributed by atoms with Crippen molar-refractivity contribution in [2.45, 2.75) is 40.0 Å². The van der Waals surface area contributed by atoms with Gasteiger partial charge in [0.25, 0.3) is 5.91 Å². The lowest BCUT2D eigenvalue weighted by atomic mass is 9.89. The first-order valence-electron chi connectivity index (χ1n) is 7.30. The largest absolute Gasteiger partial charge is 0.385 e. The van der Waals surface area contributed by atoms with Crippen LogP contribution in [0.25, 0.3) is 0 Å². The van der Waals surface area contributed by atoms with Crippen LogP contribution < -0.4 is 11.1 Å². The van der Waals surface area contributed by atoms with Gasteiger partial charge in [-0.2, -0.15) is 0 Å². The summed E-state index contributed by atoms with van der Waals surface area (Å²) in [6, 6.07) is 3.42. The Morgan fingerprint density at radius 3 is 2.67 bits per heavy atom. The molecule has 0 aliphatic carbocycles. The standard InChI is InChI=1S/C16H27N3O2/c1-11(2)13-8-12(9-14(17)19-13)15(20)18-10-16(3,4)6-7-21-5/h8-9,11H,6-7,10H2,1-5H3,(H2,17,19)(H,18,20). The van der Waals surface area contributed by atoms with Crippen molar-refractivity contribution in [2.75, 3.05) is 26.0 Å². The number of methoxy groups -OCH3 is 1. The Morgan fingerprint density at radius 1 is 1.43 bits per heavy atom. The third-order valence-corrected chi connectivity index (χ3v) is 3.43. The fourth-order valence-corrected chi connectivity index (χ4v) is 1.89. The van der Waals surface area contributed by atoms with Crippen molar-refractivity contribution < 1.29 is 9.53 Å². The second-order valence-corrected chi connectivity index (χ2v) is 6.45. The molecule has 0 atom stereocenters. The molecule has 1 amide bonds. The molecular formula is C16H27N3O2. The van der Waals surface area contributed by atoms with E-state index in [0.717, 1.165) is 12.1 Å². The van der Waals surface area contributed by atoms with Crippen molar-refractivity contribution in [1.82, 2.24) is 10.3 Å². The quantitative estimate of drug-likeness (QED) is 0.810. The molecule has 0 spiro atoms. The van der Waals surface area contributed by atoms with Crippen LogP contribution in [-0.4, -0.2) is 31.2 Å². The number of hydrogen-bond donors (Lipinski definition) is 2. The predicted molar refractivity (Wildman–Crippen MR) is 85.3 cm³/mol. The van der Waals surface area contributed by atoms with Crippen molar-refractivity contribution in [1.29, 1.82) is 0 Å². The van der Waals surface area contributed by atoms with Crippen LogP contribution in [0.5, 0.6) is 0 Å². The molecule has 1 rings (SSSR count). The number of carbonyl (C=O) groups excluding carboxylic acids is 1. The molecule has 5 nitrogen and oxygen atoms in total. The lowest BCUT2D eigenvalue weighted by molar-refractivity contribution is 0.0920. The molecule has 0 unspecified atom stereocenters. The highest BCUT2D eigenvalue weighted by molar-refractivity contribution is 5.94. The number of anilines is 1. The molecule has 5 heteroatoms. The molecule has 0 aliphatic heterocycles. The number of carbonyl (C=O) groups is 1. The first kappa shape index (κ1) is 17.4. The Kier molecular flexibility index (Phi) is 6.15. The summed E-state index contributed by atoms with van der Waals surface area (Å²) in [6.45, 7) is 9.53. The first-order valence-corrected chi connectivity index (χ1v) is 7.30. The van der Waals surface area contributed by atoms with E-state index in [1.807, 2.05) is 13.8 Å². The van der Waals surface area contributed by atoms with E-state index in [-0.39, 0.29) is 17.2 Å². The molecule has 0 aliphatic rings. The Labute approximate surface area is 127 Å². The summed E-state index contributed by atoms with van der Waals surface area (Å²) in [7, 11) is 1.68. The summed E-state index contributed by atoms with van der Waals surface area (Å²) in [5, 5.41) is 2.96. The highest BCUT2D eigenvalue weighted by atomic mass is 16.5. The van der Waals surface area contributed by atoms with Gasteiger partial charge in [0.2, 0.25) is 0 Å². The monoisotopic (exact) mass is 293 g/mol. The van der Waals surface area contributed by atoms with Crippen LogP contribution in [-0.2, 0) is 4.74 Å². The smallest absolute Gasteiger partial charge is 0.251 e. The number of pyridine rings is 1. The SMILES string of the molecule is COCCC(C)(C)CNC(=O)c1cc(N)nc(C(C)C)c1. The number of nitrogen functional groups attached to an aromatic ring is 1. The molecule has 0 bridgehead atoms. The summed E-state index contributed by atoms with van der Waals surface area (Å²) in [5.41, 5.74) is 7.16. The number of hydrogen-bond acceptors (Lipinski definition) is 4. The van der Waals surface area contributed by atoms with Crippen LogP contribution >= 0.6 is 0 Å². The normalized spacial score (nSPS) is 11.7. The van der Waals surface area contributed by atoms with Gasteiger partial charge in [-0.1, -0.05) is 27.7 Å². The lowest BCUT2D eigenvalue weighted by Crippen LogP contribution is -2.34. The van der Waals surface area contributed by atoms with E-state index in [1.165, 1.54) is 0 Å². The molecule has 0 radical (unpaired) electrons. The van der Waals surface area contributed by atoms with Gasteiger partial charge in [0, 0.05) is 31.5 Å². The van der Waals surface area contributed by atoms with Crippen LogP contribution in [0, 0.1) is 5.41 Å². The third-order valence-electron chi connectivity index (χ3n) is 3.43. The van der Waals surface area contributed by atoms with Crippen LogP contribution in [0.1, 0.15) is 56.1 Å². The number of aromatic nitrogens is 1. The molecule has 1 heterocycles. The van der Waals surface area contributed by atoms with Crippen molar-refractivity contribution in [3.8, 4) is 0 Å². The summed E-state index contributed by atoms with van der Waals surface area (Å²) >= 11 is 0. The Hall–Kier alpha value is -1.62. The zero-order chi connectivity index (χ0) is 16.0. The Bertz CT molecular complexity index is 484. The zero-order valence-electron chi connectivity index (χ0n) is 13.7. The van der Waals surface area contributed by atoms with Crippen molar-refractivity contribution >= 4 is 11.7 Å². The highest BCUT2D eigenvalue weighted by Crippen LogP contribution is 2.20. The van der Waals surface area contributed by atoms with E-state index >= 15 is 0 Å². The average Bonchev–Trinajstić information content (AvgIpc) is 2.42. The van der Waals surface area contributed by atoms with E-state index in [4.69, 9.17) is 10.5 Å². The Morgan fingerprint density at radius 2 is 2.10 bits per heavy atom. The number of ether oxygens (including phenoxy) is 1. The topological polar surface area (TPSA) is 77.2 Å². The molecule has 0 fully saturated rings. The number of rotatable bonds is 7.